The summed E-state index contributed by atoms with van der Waals surface area (Å²) in [5.41, 5.74) is 0.897. The van der Waals surface area contributed by atoms with E-state index in [1.807, 2.05) is 33.8 Å². The molecule has 0 saturated carbocycles. The summed E-state index contributed by atoms with van der Waals surface area (Å²) < 4.78 is 0. The van der Waals surface area contributed by atoms with Crippen molar-refractivity contribution in [3.8, 4) is 0 Å². The van der Waals surface area contributed by atoms with Gasteiger partial charge in [-0.05, 0) is 25.7 Å². The van der Waals surface area contributed by atoms with Crippen molar-refractivity contribution >= 4 is 5.91 Å². The molecule has 0 spiro atoms. The number of rotatable bonds is 4. The van der Waals surface area contributed by atoms with Gasteiger partial charge in [-0.2, -0.15) is 0 Å². The fraction of sp³-hybridized carbons (Fsp3) is 0.750. The van der Waals surface area contributed by atoms with Gasteiger partial charge in [0.1, 0.15) is 0 Å². The Balaban J connectivity index is 4.59. The van der Waals surface area contributed by atoms with Crippen molar-refractivity contribution < 1.29 is 4.79 Å². The molecule has 0 fully saturated rings. The van der Waals surface area contributed by atoms with E-state index in [-0.39, 0.29) is 17.9 Å². The van der Waals surface area contributed by atoms with Crippen molar-refractivity contribution in [1.29, 1.82) is 0 Å². The fourth-order valence-corrected chi connectivity index (χ4v) is 1.23. The van der Waals surface area contributed by atoms with Crippen LogP contribution in [-0.4, -0.2) is 11.9 Å². The molecule has 0 rings (SSSR count). The molecule has 0 aliphatic rings. The first-order chi connectivity index (χ1) is 6.34. The highest BCUT2D eigenvalue weighted by molar-refractivity contribution is 5.93. The van der Waals surface area contributed by atoms with E-state index in [0.717, 1.165) is 5.57 Å². The van der Waals surface area contributed by atoms with Crippen molar-refractivity contribution in [2.24, 2.45) is 11.8 Å². The molecule has 0 unspecified atom stereocenters. The highest BCUT2D eigenvalue weighted by Gasteiger charge is 2.14. The molecule has 14 heavy (non-hydrogen) atoms. The molecule has 0 aliphatic heterocycles. The summed E-state index contributed by atoms with van der Waals surface area (Å²) in [6, 6.07) is 0.205. The van der Waals surface area contributed by atoms with Crippen molar-refractivity contribution in [3.63, 3.8) is 0 Å². The van der Waals surface area contributed by atoms with Crippen molar-refractivity contribution in [2.45, 2.75) is 47.6 Å². The maximum Gasteiger partial charge on any atom is 0.247 e. The number of carbonyl (C=O) groups excluding carboxylic acids is 1. The van der Waals surface area contributed by atoms with Gasteiger partial charge >= 0.3 is 0 Å². The summed E-state index contributed by atoms with van der Waals surface area (Å²) in [5.74, 6) is 0.783. The van der Waals surface area contributed by atoms with Gasteiger partial charge in [-0.1, -0.05) is 33.8 Å². The lowest BCUT2D eigenvalue weighted by Crippen LogP contribution is -2.32. The van der Waals surface area contributed by atoms with Crippen LogP contribution in [0.25, 0.3) is 0 Å². The van der Waals surface area contributed by atoms with Gasteiger partial charge in [0, 0.05) is 11.6 Å². The molecular formula is C12H23NO. The minimum Gasteiger partial charge on any atom is -0.350 e. The molecule has 0 aromatic rings. The van der Waals surface area contributed by atoms with E-state index < -0.39 is 0 Å². The molecule has 0 aromatic carbocycles. The zero-order valence-corrected chi connectivity index (χ0v) is 10.2. The molecule has 2 heteroatoms. The Hall–Kier alpha value is -0.790. The molecular weight excluding hydrogens is 174 g/mol. The van der Waals surface area contributed by atoms with Crippen molar-refractivity contribution in [1.82, 2.24) is 5.32 Å². The summed E-state index contributed by atoms with van der Waals surface area (Å²) in [6.07, 6.45) is 2.04. The minimum atomic E-state index is 0.0729. The van der Waals surface area contributed by atoms with Gasteiger partial charge in [-0.15, -0.1) is 0 Å². The van der Waals surface area contributed by atoms with Gasteiger partial charge in [-0.25, -0.2) is 0 Å². The SMILES string of the molecule is CC(C)/C=C(\C(=O)NC(C)C)C(C)C. The van der Waals surface area contributed by atoms with Crippen LogP contribution in [0.4, 0.5) is 0 Å². The highest BCUT2D eigenvalue weighted by atomic mass is 16.1. The molecule has 0 heterocycles. The van der Waals surface area contributed by atoms with E-state index in [9.17, 15) is 4.79 Å². The molecule has 0 radical (unpaired) electrons. The Morgan fingerprint density at radius 3 is 1.86 bits per heavy atom. The average molecular weight is 197 g/mol. The van der Waals surface area contributed by atoms with Gasteiger partial charge in [0.05, 0.1) is 0 Å². The predicted octanol–water partition coefficient (Wildman–Crippen LogP) is 2.75. The lowest BCUT2D eigenvalue weighted by atomic mass is 9.98. The normalized spacial score (nSPS) is 12.8. The van der Waals surface area contributed by atoms with Crippen LogP contribution in [0.15, 0.2) is 11.6 Å². The lowest BCUT2D eigenvalue weighted by molar-refractivity contribution is -0.118. The zero-order chi connectivity index (χ0) is 11.3. The van der Waals surface area contributed by atoms with Crippen LogP contribution >= 0.6 is 0 Å². The maximum atomic E-state index is 11.8. The molecule has 0 aliphatic carbocycles. The monoisotopic (exact) mass is 197 g/mol. The highest BCUT2D eigenvalue weighted by Crippen LogP contribution is 2.13. The second-order valence-corrected chi connectivity index (χ2v) is 4.65. The Labute approximate surface area is 87.8 Å². The van der Waals surface area contributed by atoms with Crippen LogP contribution in [0.2, 0.25) is 0 Å². The summed E-state index contributed by atoms with van der Waals surface area (Å²) in [5, 5.41) is 2.92. The lowest BCUT2D eigenvalue weighted by Gasteiger charge is -2.15. The van der Waals surface area contributed by atoms with E-state index in [2.05, 4.69) is 19.2 Å². The first-order valence-corrected chi connectivity index (χ1v) is 5.37. The smallest absolute Gasteiger partial charge is 0.247 e. The van der Waals surface area contributed by atoms with Crippen molar-refractivity contribution in [3.05, 3.63) is 11.6 Å². The zero-order valence-electron chi connectivity index (χ0n) is 10.2. The number of carbonyl (C=O) groups is 1. The first kappa shape index (κ1) is 13.2. The van der Waals surface area contributed by atoms with Gasteiger partial charge < -0.3 is 5.32 Å². The Morgan fingerprint density at radius 2 is 1.57 bits per heavy atom. The third-order valence-electron chi connectivity index (χ3n) is 1.82. The Morgan fingerprint density at radius 1 is 1.07 bits per heavy atom. The first-order valence-electron chi connectivity index (χ1n) is 5.37. The van der Waals surface area contributed by atoms with Crippen LogP contribution in [0.1, 0.15) is 41.5 Å². The Bertz CT molecular complexity index is 214. The summed E-state index contributed by atoms with van der Waals surface area (Å²) >= 11 is 0. The Kier molecular flexibility index (Phi) is 5.51. The van der Waals surface area contributed by atoms with E-state index in [1.165, 1.54) is 0 Å². The molecule has 0 saturated heterocycles. The third-order valence-corrected chi connectivity index (χ3v) is 1.82. The van der Waals surface area contributed by atoms with Gasteiger partial charge in [0.25, 0.3) is 0 Å². The minimum absolute atomic E-state index is 0.0729. The van der Waals surface area contributed by atoms with Crippen LogP contribution in [0, 0.1) is 11.8 Å². The molecule has 1 amide bonds. The summed E-state index contributed by atoms with van der Waals surface area (Å²) in [4.78, 5) is 11.8. The van der Waals surface area contributed by atoms with Gasteiger partial charge in [0.2, 0.25) is 5.91 Å². The van der Waals surface area contributed by atoms with Gasteiger partial charge in [0.15, 0.2) is 0 Å². The molecule has 0 bridgehead atoms. The number of allylic oxidation sites excluding steroid dienone is 1. The summed E-state index contributed by atoms with van der Waals surface area (Å²) in [7, 11) is 0. The standard InChI is InChI=1S/C12H23NO/c1-8(2)7-11(9(3)4)12(14)13-10(5)6/h7-10H,1-6H3,(H,13,14)/b11-7-. The quantitative estimate of drug-likeness (QED) is 0.690. The third kappa shape index (κ3) is 5.05. The second-order valence-electron chi connectivity index (χ2n) is 4.65. The van der Waals surface area contributed by atoms with Crippen LogP contribution < -0.4 is 5.32 Å². The van der Waals surface area contributed by atoms with Crippen molar-refractivity contribution in [2.75, 3.05) is 0 Å². The number of amides is 1. The topological polar surface area (TPSA) is 29.1 Å². The molecule has 2 nitrogen and oxygen atoms in total. The molecule has 0 atom stereocenters. The number of hydrogen-bond acceptors (Lipinski definition) is 1. The number of nitrogens with one attached hydrogen (secondary N) is 1. The van der Waals surface area contributed by atoms with Crippen LogP contribution in [0.3, 0.4) is 0 Å². The van der Waals surface area contributed by atoms with Crippen LogP contribution in [0.5, 0.6) is 0 Å². The average Bonchev–Trinajstić information content (AvgIpc) is 1.97. The largest absolute Gasteiger partial charge is 0.350 e. The van der Waals surface area contributed by atoms with E-state index in [4.69, 9.17) is 0 Å². The maximum absolute atomic E-state index is 11.8. The summed E-state index contributed by atoms with van der Waals surface area (Å²) in [6.45, 7) is 12.2. The fourth-order valence-electron chi connectivity index (χ4n) is 1.23. The van der Waals surface area contributed by atoms with Crippen LogP contribution in [-0.2, 0) is 4.79 Å². The predicted molar refractivity (Wildman–Crippen MR) is 61.0 cm³/mol. The van der Waals surface area contributed by atoms with E-state index >= 15 is 0 Å². The second kappa shape index (κ2) is 5.84. The number of hydrogen-bond donors (Lipinski definition) is 1. The van der Waals surface area contributed by atoms with Gasteiger partial charge in [-0.3, -0.25) is 4.79 Å². The molecule has 0 aromatic heterocycles. The molecule has 82 valence electrons. The van der Waals surface area contributed by atoms with E-state index in [0.29, 0.717) is 5.92 Å². The molecule has 1 N–H and O–H groups in total. The van der Waals surface area contributed by atoms with E-state index in [1.54, 1.807) is 0 Å².